The van der Waals surface area contributed by atoms with Gasteiger partial charge in [-0.3, -0.25) is 0 Å². The fourth-order valence-corrected chi connectivity index (χ4v) is 3.91. The molecule has 0 heterocycles. The second kappa shape index (κ2) is 7.24. The zero-order valence-electron chi connectivity index (χ0n) is 15.3. The summed E-state index contributed by atoms with van der Waals surface area (Å²) in [6.45, 7) is 10.3. The highest BCUT2D eigenvalue weighted by atomic mass is 16.1. The van der Waals surface area contributed by atoms with Crippen LogP contribution in [0, 0.1) is 39.9 Å². The van der Waals surface area contributed by atoms with Crippen LogP contribution in [0.1, 0.15) is 57.1 Å². The molecule has 0 aromatic heterocycles. The highest BCUT2D eigenvalue weighted by Crippen LogP contribution is 2.49. The van der Waals surface area contributed by atoms with Crippen LogP contribution in [-0.4, -0.2) is 6.29 Å². The Labute approximate surface area is 151 Å². The fourth-order valence-electron chi connectivity index (χ4n) is 3.91. The van der Waals surface area contributed by atoms with Crippen molar-refractivity contribution in [1.29, 1.82) is 10.5 Å². The lowest BCUT2D eigenvalue weighted by atomic mass is 9.66. The minimum absolute atomic E-state index is 0.0293. The Morgan fingerprint density at radius 1 is 1.16 bits per heavy atom. The molecule has 1 fully saturated rings. The number of nitriles is 2. The number of benzene rings is 1. The number of carbonyl (C=O) groups is 1. The van der Waals surface area contributed by atoms with Crippen LogP contribution in [-0.2, 0) is 10.2 Å². The third kappa shape index (κ3) is 3.67. The molecule has 130 valence electrons. The van der Waals surface area contributed by atoms with Gasteiger partial charge in [-0.25, -0.2) is 0 Å². The minimum atomic E-state index is -1.20. The molecule has 0 N–H and O–H groups in total. The molecule has 0 amide bonds. The zero-order chi connectivity index (χ0) is 18.7. The molecule has 3 nitrogen and oxygen atoms in total. The number of hydrogen-bond donors (Lipinski definition) is 0. The first-order chi connectivity index (χ1) is 11.8. The average molecular weight is 334 g/mol. The van der Waals surface area contributed by atoms with E-state index in [1.54, 1.807) is 0 Å². The van der Waals surface area contributed by atoms with Crippen molar-refractivity contribution in [2.24, 2.45) is 17.3 Å². The molecule has 0 aliphatic heterocycles. The van der Waals surface area contributed by atoms with E-state index >= 15 is 0 Å². The van der Waals surface area contributed by atoms with E-state index in [0.29, 0.717) is 12.8 Å². The molecular weight excluding hydrogens is 308 g/mol. The van der Waals surface area contributed by atoms with Crippen LogP contribution in [0.25, 0.3) is 0 Å². The maximum absolute atomic E-state index is 11.8. The van der Waals surface area contributed by atoms with Crippen LogP contribution in [0.2, 0.25) is 0 Å². The molecule has 0 saturated heterocycles. The van der Waals surface area contributed by atoms with E-state index in [-0.39, 0.29) is 17.3 Å². The van der Waals surface area contributed by atoms with Crippen molar-refractivity contribution in [3.63, 3.8) is 0 Å². The fraction of sp³-hybridized carbons (Fsp3) is 0.500. The first kappa shape index (κ1) is 18.9. The number of carbonyl (C=O) groups excluding carboxylic acids is 1. The maximum atomic E-state index is 11.8. The summed E-state index contributed by atoms with van der Waals surface area (Å²) in [5, 5.41) is 19.8. The number of hydrogen-bond acceptors (Lipinski definition) is 3. The molecule has 0 bridgehead atoms. The van der Waals surface area contributed by atoms with Gasteiger partial charge in [0.05, 0.1) is 12.1 Å². The normalized spacial score (nSPS) is 25.9. The molecule has 1 aliphatic rings. The summed E-state index contributed by atoms with van der Waals surface area (Å²) in [6, 6.07) is 12.6. The van der Waals surface area contributed by atoms with Crippen LogP contribution in [0.4, 0.5) is 0 Å². The van der Waals surface area contributed by atoms with E-state index in [2.05, 4.69) is 39.5 Å². The van der Waals surface area contributed by atoms with E-state index in [1.165, 1.54) is 5.56 Å². The molecule has 1 aromatic carbocycles. The van der Waals surface area contributed by atoms with Crippen LogP contribution < -0.4 is 0 Å². The van der Waals surface area contributed by atoms with Crippen LogP contribution in [0.3, 0.4) is 0 Å². The first-order valence-electron chi connectivity index (χ1n) is 8.82. The van der Waals surface area contributed by atoms with Gasteiger partial charge in [0, 0.05) is 11.8 Å². The van der Waals surface area contributed by atoms with Gasteiger partial charge >= 0.3 is 0 Å². The number of allylic oxidation sites excluding steroid dienone is 1. The first-order valence-corrected chi connectivity index (χ1v) is 8.82. The van der Waals surface area contributed by atoms with Crippen LogP contribution in [0.15, 0.2) is 36.9 Å². The molecule has 0 unspecified atom stereocenters. The predicted octanol–water partition coefficient (Wildman–Crippen LogP) is 4.90. The Balaban J connectivity index is 2.56. The van der Waals surface area contributed by atoms with E-state index in [9.17, 15) is 15.3 Å². The van der Waals surface area contributed by atoms with Gasteiger partial charge in [-0.15, -0.1) is 6.58 Å². The van der Waals surface area contributed by atoms with E-state index < -0.39 is 11.3 Å². The monoisotopic (exact) mass is 334 g/mol. The topological polar surface area (TPSA) is 64.7 Å². The minimum Gasteiger partial charge on any atom is -0.303 e. The van der Waals surface area contributed by atoms with Crippen molar-refractivity contribution in [2.75, 3.05) is 0 Å². The van der Waals surface area contributed by atoms with Gasteiger partial charge in [-0.05, 0) is 41.7 Å². The SMILES string of the molecule is C=C[C@@H]1CC[C@H](C=O)[C@@H](c2ccc(C(C)(C)C)cc2)C(C#N)(C#N)C1. The van der Waals surface area contributed by atoms with Gasteiger partial charge in [-0.2, -0.15) is 10.5 Å². The molecule has 1 saturated carbocycles. The summed E-state index contributed by atoms with van der Waals surface area (Å²) in [4.78, 5) is 11.8. The zero-order valence-corrected chi connectivity index (χ0v) is 15.3. The summed E-state index contributed by atoms with van der Waals surface area (Å²) >= 11 is 0. The van der Waals surface area contributed by atoms with E-state index in [0.717, 1.165) is 18.3 Å². The van der Waals surface area contributed by atoms with Crippen molar-refractivity contribution >= 4 is 6.29 Å². The van der Waals surface area contributed by atoms with Gasteiger partial charge < -0.3 is 4.79 Å². The second-order valence-electron chi connectivity index (χ2n) is 8.12. The molecule has 1 aliphatic carbocycles. The van der Waals surface area contributed by atoms with E-state index in [1.807, 2.05) is 30.3 Å². The van der Waals surface area contributed by atoms with Crippen LogP contribution in [0.5, 0.6) is 0 Å². The Morgan fingerprint density at radius 2 is 1.76 bits per heavy atom. The Morgan fingerprint density at radius 3 is 2.20 bits per heavy atom. The standard InChI is InChI=1S/C22H26N2O/c1-5-16-6-7-18(13-25)20(22(12-16,14-23)15-24)17-8-10-19(11-9-17)21(2,3)4/h5,8-11,13,16,18,20H,1,6-7,12H2,2-4H3/t16-,18-,20-/m1/s1. The predicted molar refractivity (Wildman–Crippen MR) is 98.6 cm³/mol. The highest BCUT2D eigenvalue weighted by molar-refractivity contribution is 5.58. The Kier molecular flexibility index (Phi) is 5.48. The lowest BCUT2D eigenvalue weighted by Gasteiger charge is -2.32. The van der Waals surface area contributed by atoms with E-state index in [4.69, 9.17) is 0 Å². The number of rotatable bonds is 3. The average Bonchev–Trinajstić information content (AvgIpc) is 2.77. The van der Waals surface area contributed by atoms with Gasteiger partial charge in [0.15, 0.2) is 5.41 Å². The quantitative estimate of drug-likeness (QED) is 0.448. The van der Waals surface area contributed by atoms with Crippen molar-refractivity contribution in [3.05, 3.63) is 48.0 Å². The summed E-state index contributed by atoms with van der Waals surface area (Å²) in [5.41, 5.74) is 0.917. The molecule has 25 heavy (non-hydrogen) atoms. The summed E-state index contributed by atoms with van der Waals surface area (Å²) in [6.07, 6.45) is 4.64. The lowest BCUT2D eigenvalue weighted by molar-refractivity contribution is -0.112. The third-order valence-corrected chi connectivity index (χ3v) is 5.46. The Hall–Kier alpha value is -2.39. The molecule has 3 atom stereocenters. The summed E-state index contributed by atoms with van der Waals surface area (Å²) in [5.74, 6) is -0.649. The largest absolute Gasteiger partial charge is 0.303 e. The molecule has 1 aromatic rings. The van der Waals surface area contributed by atoms with Crippen molar-refractivity contribution in [1.82, 2.24) is 0 Å². The van der Waals surface area contributed by atoms with Crippen molar-refractivity contribution in [3.8, 4) is 12.1 Å². The molecule has 3 heteroatoms. The van der Waals surface area contributed by atoms with Crippen molar-refractivity contribution in [2.45, 2.75) is 51.4 Å². The van der Waals surface area contributed by atoms with Crippen LogP contribution >= 0.6 is 0 Å². The molecular formula is C22H26N2O. The second-order valence-corrected chi connectivity index (χ2v) is 8.12. The lowest BCUT2D eigenvalue weighted by Crippen LogP contribution is -2.31. The van der Waals surface area contributed by atoms with Gasteiger partial charge in [0.25, 0.3) is 0 Å². The number of nitrogens with zero attached hydrogens (tertiary/aromatic N) is 2. The van der Waals surface area contributed by atoms with Gasteiger partial charge in [0.1, 0.15) is 6.29 Å². The Bertz CT molecular complexity index is 698. The maximum Gasteiger partial charge on any atom is 0.151 e. The van der Waals surface area contributed by atoms with Crippen molar-refractivity contribution < 1.29 is 4.79 Å². The summed E-state index contributed by atoms with van der Waals surface area (Å²) < 4.78 is 0. The third-order valence-electron chi connectivity index (χ3n) is 5.46. The smallest absolute Gasteiger partial charge is 0.151 e. The number of aldehydes is 1. The van der Waals surface area contributed by atoms with Gasteiger partial charge in [-0.1, -0.05) is 51.1 Å². The molecule has 2 rings (SSSR count). The summed E-state index contributed by atoms with van der Waals surface area (Å²) in [7, 11) is 0. The molecule has 0 radical (unpaired) electrons. The molecule has 0 spiro atoms. The van der Waals surface area contributed by atoms with Gasteiger partial charge in [0.2, 0.25) is 0 Å². The highest BCUT2D eigenvalue weighted by Gasteiger charge is 2.48.